The van der Waals surface area contributed by atoms with Crippen LogP contribution in [0.3, 0.4) is 0 Å². The average molecular weight is 247 g/mol. The van der Waals surface area contributed by atoms with Crippen LogP contribution in [0.4, 0.5) is 4.39 Å². The molecule has 94 valence electrons. The molecular formula is C13H14FN3O. The van der Waals surface area contributed by atoms with E-state index in [1.807, 2.05) is 0 Å². The molecule has 4 nitrogen and oxygen atoms in total. The molecular weight excluding hydrogens is 233 g/mol. The Morgan fingerprint density at radius 3 is 2.33 bits per heavy atom. The maximum atomic E-state index is 12.9. The van der Waals surface area contributed by atoms with Gasteiger partial charge in [-0.1, -0.05) is 12.1 Å². The number of rotatable bonds is 4. The number of hydrogen-bond donors (Lipinski definition) is 2. The highest BCUT2D eigenvalue weighted by Gasteiger charge is 2.23. The number of halogens is 1. The van der Waals surface area contributed by atoms with Gasteiger partial charge in [-0.05, 0) is 23.8 Å². The monoisotopic (exact) mass is 247 g/mol. The van der Waals surface area contributed by atoms with Crippen molar-refractivity contribution >= 4 is 0 Å². The van der Waals surface area contributed by atoms with E-state index in [9.17, 15) is 9.50 Å². The maximum absolute atomic E-state index is 12.9. The summed E-state index contributed by atoms with van der Waals surface area (Å²) in [4.78, 5) is 8.00. The van der Waals surface area contributed by atoms with Gasteiger partial charge in [0.2, 0.25) is 0 Å². The van der Waals surface area contributed by atoms with Gasteiger partial charge in [-0.2, -0.15) is 0 Å². The van der Waals surface area contributed by atoms with Crippen molar-refractivity contribution in [2.75, 3.05) is 6.54 Å². The molecule has 0 spiro atoms. The first-order valence-electron chi connectivity index (χ1n) is 5.63. The Balaban J connectivity index is 2.26. The second kappa shape index (κ2) is 5.66. The molecule has 5 heteroatoms. The summed E-state index contributed by atoms with van der Waals surface area (Å²) in [7, 11) is 0. The van der Waals surface area contributed by atoms with E-state index >= 15 is 0 Å². The number of aliphatic hydroxyl groups excluding tert-OH is 1. The molecule has 2 aromatic rings. The van der Waals surface area contributed by atoms with E-state index in [0.717, 1.165) is 5.56 Å². The third-order valence-electron chi connectivity index (χ3n) is 2.78. The van der Waals surface area contributed by atoms with Crippen LogP contribution in [0, 0.1) is 5.82 Å². The molecule has 1 aromatic heterocycles. The van der Waals surface area contributed by atoms with Gasteiger partial charge in [-0.15, -0.1) is 0 Å². The van der Waals surface area contributed by atoms with E-state index in [2.05, 4.69) is 9.97 Å². The van der Waals surface area contributed by atoms with Crippen molar-refractivity contribution in [3.8, 4) is 0 Å². The fourth-order valence-corrected chi connectivity index (χ4v) is 1.80. The van der Waals surface area contributed by atoms with E-state index in [4.69, 9.17) is 5.73 Å². The highest BCUT2D eigenvalue weighted by atomic mass is 19.1. The van der Waals surface area contributed by atoms with Crippen molar-refractivity contribution in [2.24, 2.45) is 5.73 Å². The maximum Gasteiger partial charge on any atom is 0.157 e. The molecule has 2 unspecified atom stereocenters. The Morgan fingerprint density at radius 2 is 1.78 bits per heavy atom. The lowest BCUT2D eigenvalue weighted by Crippen LogP contribution is -2.21. The average Bonchev–Trinajstić information content (AvgIpc) is 2.42. The Morgan fingerprint density at radius 1 is 1.17 bits per heavy atom. The van der Waals surface area contributed by atoms with Crippen LogP contribution in [0.15, 0.2) is 42.7 Å². The van der Waals surface area contributed by atoms with Gasteiger partial charge in [0.05, 0.1) is 0 Å². The van der Waals surface area contributed by atoms with E-state index < -0.39 is 6.10 Å². The largest absolute Gasteiger partial charge is 0.384 e. The molecule has 18 heavy (non-hydrogen) atoms. The second-order valence-corrected chi connectivity index (χ2v) is 3.95. The summed E-state index contributed by atoms with van der Waals surface area (Å²) in [5.41, 5.74) is 6.43. The molecule has 0 radical (unpaired) electrons. The van der Waals surface area contributed by atoms with Crippen LogP contribution in [0.1, 0.15) is 23.4 Å². The van der Waals surface area contributed by atoms with Gasteiger partial charge >= 0.3 is 0 Å². The Labute approximate surface area is 104 Å². The summed E-state index contributed by atoms with van der Waals surface area (Å²) >= 11 is 0. The van der Waals surface area contributed by atoms with Crippen LogP contribution in [0.25, 0.3) is 0 Å². The van der Waals surface area contributed by atoms with Crippen molar-refractivity contribution in [2.45, 2.75) is 12.0 Å². The summed E-state index contributed by atoms with van der Waals surface area (Å²) in [5, 5.41) is 10.2. The summed E-state index contributed by atoms with van der Waals surface area (Å²) < 4.78 is 12.9. The van der Waals surface area contributed by atoms with Crippen LogP contribution < -0.4 is 5.73 Å². The predicted octanol–water partition coefficient (Wildman–Crippen LogP) is 1.39. The van der Waals surface area contributed by atoms with Crippen LogP contribution in [-0.4, -0.2) is 21.6 Å². The molecule has 0 saturated carbocycles. The number of aliphatic hydroxyl groups is 1. The molecule has 2 rings (SSSR count). The second-order valence-electron chi connectivity index (χ2n) is 3.95. The molecule has 0 fully saturated rings. The van der Waals surface area contributed by atoms with Gasteiger partial charge in [0.1, 0.15) is 11.9 Å². The van der Waals surface area contributed by atoms with Crippen molar-refractivity contribution in [3.63, 3.8) is 0 Å². The quantitative estimate of drug-likeness (QED) is 0.856. The lowest BCUT2D eigenvalue weighted by atomic mass is 9.93. The number of nitrogens with zero attached hydrogens (tertiary/aromatic N) is 2. The predicted molar refractivity (Wildman–Crippen MR) is 65.2 cm³/mol. The smallest absolute Gasteiger partial charge is 0.157 e. The fraction of sp³-hybridized carbons (Fsp3) is 0.231. The van der Waals surface area contributed by atoms with Gasteiger partial charge in [0.25, 0.3) is 0 Å². The van der Waals surface area contributed by atoms with Gasteiger partial charge in [0.15, 0.2) is 5.82 Å². The SMILES string of the molecule is NCC(c1ccc(F)cc1)C(O)c1ncccn1. The normalized spacial score (nSPS) is 14.2. The van der Waals surface area contributed by atoms with Gasteiger partial charge in [-0.3, -0.25) is 0 Å². The molecule has 0 aliphatic heterocycles. The van der Waals surface area contributed by atoms with Crippen molar-refractivity contribution in [1.29, 1.82) is 0 Å². The fourth-order valence-electron chi connectivity index (χ4n) is 1.80. The summed E-state index contributed by atoms with van der Waals surface area (Å²) in [6.07, 6.45) is 2.22. The first kappa shape index (κ1) is 12.6. The first-order valence-corrected chi connectivity index (χ1v) is 5.63. The van der Waals surface area contributed by atoms with Crippen molar-refractivity contribution < 1.29 is 9.50 Å². The number of benzene rings is 1. The Bertz CT molecular complexity index is 489. The van der Waals surface area contributed by atoms with Crippen LogP contribution in [-0.2, 0) is 0 Å². The standard InChI is InChI=1S/C13H14FN3O/c14-10-4-2-9(3-5-10)11(8-15)12(18)13-16-6-1-7-17-13/h1-7,11-12,18H,8,15H2. The summed E-state index contributed by atoms with van der Waals surface area (Å²) in [6, 6.07) is 7.58. The zero-order valence-electron chi connectivity index (χ0n) is 9.70. The van der Waals surface area contributed by atoms with Gasteiger partial charge < -0.3 is 10.8 Å². The van der Waals surface area contributed by atoms with E-state index in [1.165, 1.54) is 12.1 Å². The lowest BCUT2D eigenvalue weighted by Gasteiger charge is -2.20. The number of aromatic nitrogens is 2. The third-order valence-corrected chi connectivity index (χ3v) is 2.78. The minimum absolute atomic E-state index is 0.227. The lowest BCUT2D eigenvalue weighted by molar-refractivity contribution is 0.138. The molecule has 1 heterocycles. The van der Waals surface area contributed by atoms with Crippen LogP contribution in [0.5, 0.6) is 0 Å². The number of hydrogen-bond acceptors (Lipinski definition) is 4. The molecule has 3 N–H and O–H groups in total. The molecule has 2 atom stereocenters. The zero-order valence-corrected chi connectivity index (χ0v) is 9.70. The highest BCUT2D eigenvalue weighted by molar-refractivity contribution is 5.23. The minimum Gasteiger partial charge on any atom is -0.384 e. The Kier molecular flexibility index (Phi) is 3.96. The molecule has 0 amide bonds. The van der Waals surface area contributed by atoms with Crippen molar-refractivity contribution in [3.05, 3.63) is 59.9 Å². The molecule has 0 bridgehead atoms. The number of nitrogens with two attached hydrogens (primary N) is 1. The van der Waals surface area contributed by atoms with Crippen LogP contribution in [0.2, 0.25) is 0 Å². The minimum atomic E-state index is -0.901. The summed E-state index contributed by atoms with van der Waals surface area (Å²) in [6.45, 7) is 0.227. The first-order chi connectivity index (χ1) is 8.72. The topological polar surface area (TPSA) is 72.0 Å². The van der Waals surface area contributed by atoms with Gasteiger partial charge in [0, 0.05) is 24.9 Å². The molecule has 0 aliphatic carbocycles. The third kappa shape index (κ3) is 2.69. The highest BCUT2D eigenvalue weighted by Crippen LogP contribution is 2.27. The zero-order chi connectivity index (χ0) is 13.0. The van der Waals surface area contributed by atoms with Gasteiger partial charge in [-0.25, -0.2) is 14.4 Å². The van der Waals surface area contributed by atoms with E-state index in [-0.39, 0.29) is 18.3 Å². The van der Waals surface area contributed by atoms with E-state index in [1.54, 1.807) is 30.6 Å². The van der Waals surface area contributed by atoms with Crippen LogP contribution >= 0.6 is 0 Å². The Hall–Kier alpha value is -1.85. The molecule has 1 aromatic carbocycles. The summed E-state index contributed by atoms with van der Waals surface area (Å²) in [5.74, 6) is -0.356. The molecule has 0 saturated heterocycles. The van der Waals surface area contributed by atoms with E-state index in [0.29, 0.717) is 5.82 Å². The van der Waals surface area contributed by atoms with Crippen molar-refractivity contribution in [1.82, 2.24) is 9.97 Å². The molecule has 0 aliphatic rings.